The minimum Gasteiger partial charge on any atom is -0.457 e. The van der Waals surface area contributed by atoms with E-state index in [2.05, 4.69) is 55.3 Å². The van der Waals surface area contributed by atoms with Crippen molar-refractivity contribution in [3.8, 4) is 0 Å². The monoisotopic (exact) mass is 679 g/mol. The summed E-state index contributed by atoms with van der Waals surface area (Å²) in [5, 5.41) is 3.10. The van der Waals surface area contributed by atoms with Crippen LogP contribution in [-0.2, 0) is 19.0 Å². The lowest BCUT2D eigenvalue weighted by atomic mass is 9.90. The lowest BCUT2D eigenvalue weighted by Gasteiger charge is -2.38. The quantitative estimate of drug-likeness (QED) is 0.133. The van der Waals surface area contributed by atoms with Crippen LogP contribution in [0.5, 0.6) is 0 Å². The molecule has 5 heterocycles. The maximum Gasteiger partial charge on any atom is 0.317 e. The molecule has 5 aliphatic heterocycles. The number of amides is 2. The van der Waals surface area contributed by atoms with Crippen molar-refractivity contribution in [1.82, 2.24) is 15.1 Å². The third kappa shape index (κ3) is 12.4. The summed E-state index contributed by atoms with van der Waals surface area (Å²) >= 11 is 0. The van der Waals surface area contributed by atoms with Crippen LogP contribution in [0.3, 0.4) is 0 Å². The summed E-state index contributed by atoms with van der Waals surface area (Å²) in [6.45, 7) is 11.2. The third-order valence-corrected chi connectivity index (χ3v) is 11.3. The van der Waals surface area contributed by atoms with Gasteiger partial charge in [0.05, 0.1) is 30.8 Å². The smallest absolute Gasteiger partial charge is 0.317 e. The Balaban J connectivity index is 1.11. The van der Waals surface area contributed by atoms with Gasteiger partial charge in [0.1, 0.15) is 6.10 Å². The van der Waals surface area contributed by atoms with Crippen LogP contribution in [0.1, 0.15) is 117 Å². The molecule has 0 aromatic rings. The predicted molar refractivity (Wildman–Crippen MR) is 196 cm³/mol. The highest BCUT2D eigenvalue weighted by atomic mass is 16.5. The number of fused-ring (bicyclic) bond motifs is 4. The number of urea groups is 1. The number of piperidine rings is 1. The van der Waals surface area contributed by atoms with Crippen molar-refractivity contribution in [2.24, 2.45) is 11.8 Å². The van der Waals surface area contributed by atoms with E-state index in [0.29, 0.717) is 18.5 Å². The molecule has 49 heavy (non-hydrogen) atoms. The molecular formula is C41H65N3O5. The van der Waals surface area contributed by atoms with E-state index >= 15 is 0 Å². The molecule has 5 rings (SSSR count). The number of nitrogens with one attached hydrogen (secondary N) is 1. The average Bonchev–Trinajstić information content (AvgIpc) is 3.39. The van der Waals surface area contributed by atoms with Crippen LogP contribution in [0.25, 0.3) is 0 Å². The number of carbonyl (C=O) groups is 2. The number of hydrogen-bond donors (Lipinski definition) is 1. The number of cyclic esters (lactones) is 1. The molecular weight excluding hydrogens is 614 g/mol. The largest absolute Gasteiger partial charge is 0.457 e. The third-order valence-electron chi connectivity index (χ3n) is 11.3. The zero-order valence-corrected chi connectivity index (χ0v) is 30.7. The van der Waals surface area contributed by atoms with Gasteiger partial charge in [-0.25, -0.2) is 4.79 Å². The lowest BCUT2D eigenvalue weighted by Crippen LogP contribution is -2.49. The fraction of sp³-hybridized carbons (Fsp3) is 0.756. The SMILES string of the molecule is C/C=C1\CC2CC(=O)OC(/C=C/C=C\CCNC(=O)N3CCC(N4CCCCCC4)CC3)C(C)/C=C/C(C)CC3CCCC(CC(C1)O2)O3. The van der Waals surface area contributed by atoms with E-state index in [4.69, 9.17) is 14.2 Å². The molecule has 0 saturated carbocycles. The van der Waals surface area contributed by atoms with E-state index in [1.165, 1.54) is 50.8 Å². The van der Waals surface area contributed by atoms with Crippen LogP contribution in [0.2, 0.25) is 0 Å². The van der Waals surface area contributed by atoms with Crippen LogP contribution in [-0.4, -0.2) is 91.1 Å². The van der Waals surface area contributed by atoms with Gasteiger partial charge in [-0.15, -0.1) is 0 Å². The normalized spacial score (nSPS) is 34.9. The molecule has 4 bridgehead atoms. The lowest BCUT2D eigenvalue weighted by molar-refractivity contribution is -0.154. The highest BCUT2D eigenvalue weighted by Gasteiger charge is 2.33. The van der Waals surface area contributed by atoms with Crippen molar-refractivity contribution in [2.45, 2.75) is 154 Å². The second-order valence-corrected chi connectivity index (χ2v) is 15.4. The Bertz CT molecular complexity index is 1150. The van der Waals surface area contributed by atoms with Gasteiger partial charge in [0, 0.05) is 38.0 Å². The summed E-state index contributed by atoms with van der Waals surface area (Å²) in [6.07, 6.45) is 30.2. The number of rotatable bonds is 6. The van der Waals surface area contributed by atoms with E-state index in [9.17, 15) is 9.59 Å². The van der Waals surface area contributed by atoms with Crippen molar-refractivity contribution < 1.29 is 23.8 Å². The molecule has 1 N–H and O–H groups in total. The minimum atomic E-state index is -0.374. The van der Waals surface area contributed by atoms with E-state index in [1.54, 1.807) is 0 Å². The van der Waals surface area contributed by atoms with Crippen LogP contribution in [0.15, 0.2) is 48.1 Å². The molecule has 8 nitrogen and oxygen atoms in total. The van der Waals surface area contributed by atoms with Crippen molar-refractivity contribution in [3.63, 3.8) is 0 Å². The van der Waals surface area contributed by atoms with Gasteiger partial charge in [-0.3, -0.25) is 4.79 Å². The van der Waals surface area contributed by atoms with Gasteiger partial charge in [-0.05, 0) is 103 Å². The Morgan fingerprint density at radius 1 is 0.837 bits per heavy atom. The number of ether oxygens (including phenoxy) is 3. The fourth-order valence-corrected chi connectivity index (χ4v) is 8.45. The van der Waals surface area contributed by atoms with Crippen LogP contribution in [0.4, 0.5) is 4.79 Å². The van der Waals surface area contributed by atoms with Crippen molar-refractivity contribution in [1.29, 1.82) is 0 Å². The number of esters is 1. The molecule has 4 fully saturated rings. The molecule has 7 unspecified atom stereocenters. The number of allylic oxidation sites excluding steroid dienone is 4. The van der Waals surface area contributed by atoms with Gasteiger partial charge >= 0.3 is 12.0 Å². The van der Waals surface area contributed by atoms with E-state index in [-0.39, 0.29) is 54.9 Å². The van der Waals surface area contributed by atoms with E-state index < -0.39 is 0 Å². The Morgan fingerprint density at radius 2 is 1.55 bits per heavy atom. The molecule has 5 aliphatic rings. The summed E-state index contributed by atoms with van der Waals surface area (Å²) < 4.78 is 19.2. The molecule has 2 amide bonds. The van der Waals surface area contributed by atoms with Crippen molar-refractivity contribution >= 4 is 12.0 Å². The second-order valence-electron chi connectivity index (χ2n) is 15.4. The summed E-state index contributed by atoms with van der Waals surface area (Å²) in [5.41, 5.74) is 1.36. The van der Waals surface area contributed by atoms with Gasteiger partial charge < -0.3 is 29.3 Å². The zero-order valence-electron chi connectivity index (χ0n) is 30.7. The molecule has 0 aromatic carbocycles. The molecule has 0 aromatic heterocycles. The number of nitrogens with zero attached hydrogens (tertiary/aromatic N) is 2. The molecule has 8 heteroatoms. The highest BCUT2D eigenvalue weighted by molar-refractivity contribution is 5.74. The number of hydrogen-bond acceptors (Lipinski definition) is 6. The Kier molecular flexibility index (Phi) is 15.3. The summed E-state index contributed by atoms with van der Waals surface area (Å²) in [6, 6.07) is 0.686. The van der Waals surface area contributed by atoms with Gasteiger partial charge in [0.15, 0.2) is 0 Å². The fourth-order valence-electron chi connectivity index (χ4n) is 8.45. The average molecular weight is 680 g/mol. The topological polar surface area (TPSA) is 80.3 Å². The Labute approximate surface area is 296 Å². The first-order valence-electron chi connectivity index (χ1n) is 19.8. The first-order chi connectivity index (χ1) is 23.9. The Hall–Kier alpha value is -2.42. The van der Waals surface area contributed by atoms with Crippen LogP contribution >= 0.6 is 0 Å². The molecule has 0 aliphatic carbocycles. The van der Waals surface area contributed by atoms with Gasteiger partial charge in [-0.2, -0.15) is 0 Å². The van der Waals surface area contributed by atoms with Crippen molar-refractivity contribution in [3.05, 3.63) is 48.1 Å². The van der Waals surface area contributed by atoms with Crippen molar-refractivity contribution in [2.75, 3.05) is 32.7 Å². The van der Waals surface area contributed by atoms with Crippen LogP contribution in [0, 0.1) is 11.8 Å². The van der Waals surface area contributed by atoms with Gasteiger partial charge in [0.25, 0.3) is 0 Å². The van der Waals surface area contributed by atoms with E-state index in [1.807, 2.05) is 23.1 Å². The molecule has 0 spiro atoms. The Morgan fingerprint density at radius 3 is 2.31 bits per heavy atom. The predicted octanol–water partition coefficient (Wildman–Crippen LogP) is 7.89. The maximum atomic E-state index is 13.3. The standard InChI is InChI=1S/C41H65N3O5/c1-4-33-27-37-29-36-15-13-14-35(47-36)26-31(2)17-18-32(3)39(49-40(45)30-38(28-33)48-37)16-9-5-6-10-21-42-41(46)44-24-19-34(20-25-44)43-22-11-7-8-12-23-43/h4-6,9,16-18,31-32,34-39H,7-8,10-15,19-30H2,1-3H3,(H,42,46)/b6-5-,16-9+,18-17+,33-4-. The first-order valence-corrected chi connectivity index (χ1v) is 19.8. The first kappa shape index (κ1) is 37.8. The maximum absolute atomic E-state index is 13.3. The number of likely N-dealkylation sites (tertiary alicyclic amines) is 2. The summed E-state index contributed by atoms with van der Waals surface area (Å²) in [7, 11) is 0. The van der Waals surface area contributed by atoms with Gasteiger partial charge in [0.2, 0.25) is 0 Å². The summed E-state index contributed by atoms with van der Waals surface area (Å²) in [5.74, 6) is 0.190. The molecule has 7 atom stereocenters. The second kappa shape index (κ2) is 19.8. The highest BCUT2D eigenvalue weighted by Crippen LogP contribution is 2.33. The minimum absolute atomic E-state index is 0.0258. The molecule has 4 saturated heterocycles. The van der Waals surface area contributed by atoms with E-state index in [0.717, 1.165) is 70.9 Å². The number of carbonyl (C=O) groups excluding carboxylic acids is 2. The zero-order chi connectivity index (χ0) is 34.4. The molecule has 274 valence electrons. The molecule has 0 radical (unpaired) electrons. The van der Waals surface area contributed by atoms with Crippen LogP contribution < -0.4 is 5.32 Å². The van der Waals surface area contributed by atoms with Gasteiger partial charge in [-0.1, -0.05) is 68.7 Å². The summed E-state index contributed by atoms with van der Waals surface area (Å²) in [4.78, 5) is 30.7.